The number of methoxy groups -OCH3 is 1. The minimum Gasteiger partial charge on any atom is -0.490 e. The Labute approximate surface area is 158 Å². The van der Waals surface area contributed by atoms with Gasteiger partial charge in [0.1, 0.15) is 0 Å². The van der Waals surface area contributed by atoms with Crippen molar-refractivity contribution in [2.24, 2.45) is 7.05 Å². The van der Waals surface area contributed by atoms with Crippen LogP contribution in [0.2, 0.25) is 0 Å². The van der Waals surface area contributed by atoms with Crippen molar-refractivity contribution >= 4 is 11.4 Å². The largest absolute Gasteiger partial charge is 0.490 e. The van der Waals surface area contributed by atoms with Gasteiger partial charge in [0.15, 0.2) is 5.75 Å². The molecule has 8 heteroatoms. The minimum absolute atomic E-state index is 0.0239. The van der Waals surface area contributed by atoms with Crippen LogP contribution in [-0.4, -0.2) is 58.4 Å². The molecular formula is C19H25N5O3. The van der Waals surface area contributed by atoms with Crippen LogP contribution in [0.3, 0.4) is 0 Å². The zero-order chi connectivity index (χ0) is 19.2. The van der Waals surface area contributed by atoms with E-state index in [1.54, 1.807) is 23.0 Å². The highest BCUT2D eigenvalue weighted by molar-refractivity contribution is 5.82. The number of nitro groups is 1. The Balaban J connectivity index is 1.71. The summed E-state index contributed by atoms with van der Waals surface area (Å²) in [5, 5.41) is 15.7. The minimum atomic E-state index is -0.394. The summed E-state index contributed by atoms with van der Waals surface area (Å²) in [4.78, 5) is 16.0. The molecule has 8 nitrogen and oxygen atoms in total. The van der Waals surface area contributed by atoms with Gasteiger partial charge >= 0.3 is 5.69 Å². The van der Waals surface area contributed by atoms with E-state index in [1.807, 2.05) is 13.2 Å². The van der Waals surface area contributed by atoms with Crippen LogP contribution in [0, 0.1) is 10.1 Å². The SMILES string of the molecule is COc1cc(N2CCN(C3(C)CC3)CC2)c(-c2cnn(C)c2)cc1[N+](=O)[O-]. The Kier molecular flexibility index (Phi) is 4.30. The van der Waals surface area contributed by atoms with Crippen LogP contribution < -0.4 is 9.64 Å². The van der Waals surface area contributed by atoms with E-state index in [0.717, 1.165) is 43.0 Å². The maximum absolute atomic E-state index is 11.5. The van der Waals surface area contributed by atoms with Crippen LogP contribution in [0.1, 0.15) is 19.8 Å². The van der Waals surface area contributed by atoms with Gasteiger partial charge in [-0.05, 0) is 19.8 Å². The van der Waals surface area contributed by atoms with Crippen molar-refractivity contribution in [2.45, 2.75) is 25.3 Å². The molecule has 2 aromatic rings. The lowest BCUT2D eigenvalue weighted by molar-refractivity contribution is -0.385. The van der Waals surface area contributed by atoms with E-state index < -0.39 is 4.92 Å². The van der Waals surface area contributed by atoms with Crippen LogP contribution >= 0.6 is 0 Å². The van der Waals surface area contributed by atoms with Gasteiger partial charge in [0, 0.05) is 73.9 Å². The van der Waals surface area contributed by atoms with Crippen molar-refractivity contribution in [1.29, 1.82) is 0 Å². The highest BCUT2D eigenvalue weighted by Gasteiger charge is 2.44. The molecule has 0 bridgehead atoms. The van der Waals surface area contributed by atoms with Crippen molar-refractivity contribution in [2.75, 3.05) is 38.2 Å². The summed E-state index contributed by atoms with van der Waals surface area (Å²) in [6, 6.07) is 3.41. The summed E-state index contributed by atoms with van der Waals surface area (Å²) in [5.74, 6) is 0.291. The molecule has 1 aromatic heterocycles. The number of aryl methyl sites for hydroxylation is 1. The van der Waals surface area contributed by atoms with Gasteiger partial charge in [-0.25, -0.2) is 0 Å². The molecule has 4 rings (SSSR count). The predicted molar refractivity (Wildman–Crippen MR) is 103 cm³/mol. The summed E-state index contributed by atoms with van der Waals surface area (Å²) >= 11 is 0. The summed E-state index contributed by atoms with van der Waals surface area (Å²) in [5.41, 5.74) is 3.01. The molecule has 1 aliphatic heterocycles. The third-order valence-corrected chi connectivity index (χ3v) is 5.87. The number of hydrogen-bond donors (Lipinski definition) is 0. The van der Waals surface area contributed by atoms with Gasteiger partial charge < -0.3 is 9.64 Å². The third kappa shape index (κ3) is 3.25. The molecule has 0 N–H and O–H groups in total. The third-order valence-electron chi connectivity index (χ3n) is 5.87. The van der Waals surface area contributed by atoms with Gasteiger partial charge in [-0.15, -0.1) is 0 Å². The molecule has 27 heavy (non-hydrogen) atoms. The monoisotopic (exact) mass is 371 g/mol. The second-order valence-electron chi connectivity index (χ2n) is 7.67. The van der Waals surface area contributed by atoms with E-state index in [1.165, 1.54) is 20.0 Å². The molecule has 0 atom stereocenters. The normalized spacial score (nSPS) is 19.1. The van der Waals surface area contributed by atoms with Gasteiger partial charge in [-0.1, -0.05) is 0 Å². The molecular weight excluding hydrogens is 346 g/mol. The van der Waals surface area contributed by atoms with Crippen molar-refractivity contribution in [1.82, 2.24) is 14.7 Å². The summed E-state index contributed by atoms with van der Waals surface area (Å²) in [6.45, 7) is 6.12. The standard InChI is InChI=1S/C19H25N5O3/c1-19(4-5-19)23-8-6-22(7-9-23)16-11-18(27-3)17(24(25)26)10-15(16)14-12-20-21(2)13-14/h10-13H,4-9H2,1-3H3. The fourth-order valence-electron chi connectivity index (χ4n) is 3.90. The predicted octanol–water partition coefficient (Wildman–Crippen LogP) is 2.68. The average molecular weight is 371 g/mol. The van der Waals surface area contributed by atoms with Crippen LogP contribution in [0.5, 0.6) is 5.75 Å². The van der Waals surface area contributed by atoms with Crippen LogP contribution in [0.4, 0.5) is 11.4 Å². The lowest BCUT2D eigenvalue weighted by Crippen LogP contribution is -2.50. The Morgan fingerprint density at radius 1 is 1.22 bits per heavy atom. The molecule has 1 aromatic carbocycles. The van der Waals surface area contributed by atoms with Crippen LogP contribution in [0.25, 0.3) is 11.1 Å². The van der Waals surface area contributed by atoms with Crippen molar-refractivity contribution < 1.29 is 9.66 Å². The Morgan fingerprint density at radius 3 is 2.44 bits per heavy atom. The van der Waals surface area contributed by atoms with E-state index >= 15 is 0 Å². The van der Waals surface area contributed by atoms with E-state index in [2.05, 4.69) is 21.8 Å². The van der Waals surface area contributed by atoms with Gasteiger partial charge in [0.25, 0.3) is 0 Å². The second-order valence-corrected chi connectivity index (χ2v) is 7.67. The first-order chi connectivity index (χ1) is 12.9. The number of hydrogen-bond acceptors (Lipinski definition) is 6. The summed E-state index contributed by atoms with van der Waals surface area (Å²) in [6.07, 6.45) is 6.19. The number of ether oxygens (including phenoxy) is 1. The maximum atomic E-state index is 11.5. The highest BCUT2D eigenvalue weighted by Crippen LogP contribution is 2.43. The first-order valence-corrected chi connectivity index (χ1v) is 9.27. The molecule has 0 unspecified atom stereocenters. The first-order valence-electron chi connectivity index (χ1n) is 9.27. The Bertz CT molecular complexity index is 866. The lowest BCUT2D eigenvalue weighted by Gasteiger charge is -2.40. The van der Waals surface area contributed by atoms with E-state index in [0.29, 0.717) is 11.3 Å². The number of piperazine rings is 1. The van der Waals surface area contributed by atoms with Gasteiger partial charge in [0.2, 0.25) is 0 Å². The molecule has 0 amide bonds. The van der Waals surface area contributed by atoms with E-state index in [4.69, 9.17) is 4.74 Å². The van der Waals surface area contributed by atoms with Crippen LogP contribution in [-0.2, 0) is 7.05 Å². The van der Waals surface area contributed by atoms with Gasteiger partial charge in [-0.3, -0.25) is 19.7 Å². The smallest absolute Gasteiger partial charge is 0.311 e. The lowest BCUT2D eigenvalue weighted by atomic mass is 10.0. The highest BCUT2D eigenvalue weighted by atomic mass is 16.6. The number of rotatable bonds is 5. The van der Waals surface area contributed by atoms with Crippen molar-refractivity contribution in [3.63, 3.8) is 0 Å². The fraction of sp³-hybridized carbons (Fsp3) is 0.526. The molecule has 2 aliphatic rings. The maximum Gasteiger partial charge on any atom is 0.311 e. The first kappa shape index (κ1) is 17.8. The van der Waals surface area contributed by atoms with Gasteiger partial charge in [-0.2, -0.15) is 5.10 Å². The zero-order valence-corrected chi connectivity index (χ0v) is 16.0. The summed E-state index contributed by atoms with van der Waals surface area (Å²) in [7, 11) is 3.32. The molecule has 1 aliphatic carbocycles. The molecule has 144 valence electrons. The van der Waals surface area contributed by atoms with Crippen LogP contribution in [0.15, 0.2) is 24.5 Å². The Morgan fingerprint density at radius 2 is 1.93 bits per heavy atom. The quantitative estimate of drug-likeness (QED) is 0.594. The average Bonchev–Trinajstić information content (AvgIpc) is 3.28. The molecule has 2 fully saturated rings. The number of nitro benzene ring substituents is 1. The number of aromatic nitrogens is 2. The topological polar surface area (TPSA) is 76.7 Å². The number of nitrogens with zero attached hydrogens (tertiary/aromatic N) is 5. The van der Waals surface area contributed by atoms with E-state index in [9.17, 15) is 10.1 Å². The number of anilines is 1. The zero-order valence-electron chi connectivity index (χ0n) is 16.0. The molecule has 1 saturated carbocycles. The molecule has 0 radical (unpaired) electrons. The molecule has 0 spiro atoms. The van der Waals surface area contributed by atoms with Gasteiger partial charge in [0.05, 0.1) is 18.2 Å². The van der Waals surface area contributed by atoms with Crippen molar-refractivity contribution in [3.8, 4) is 16.9 Å². The Hall–Kier alpha value is -2.61. The van der Waals surface area contributed by atoms with E-state index in [-0.39, 0.29) is 5.69 Å². The van der Waals surface area contributed by atoms with Crippen molar-refractivity contribution in [3.05, 3.63) is 34.6 Å². The number of benzene rings is 1. The summed E-state index contributed by atoms with van der Waals surface area (Å²) < 4.78 is 7.03. The molecule has 2 heterocycles. The second kappa shape index (κ2) is 6.53. The molecule has 1 saturated heterocycles. The fourth-order valence-corrected chi connectivity index (χ4v) is 3.90.